The lowest BCUT2D eigenvalue weighted by molar-refractivity contribution is 0.669. The second kappa shape index (κ2) is 14.9. The fourth-order valence-corrected chi connectivity index (χ4v) is 12.0. The van der Waals surface area contributed by atoms with E-state index in [0.717, 1.165) is 34.8 Å². The Balaban J connectivity index is 0.925. The summed E-state index contributed by atoms with van der Waals surface area (Å²) in [5.41, 5.74) is 16.6. The van der Waals surface area contributed by atoms with Crippen molar-refractivity contribution in [2.75, 3.05) is 0 Å². The molecule has 1 aliphatic rings. The van der Waals surface area contributed by atoms with Gasteiger partial charge in [0.25, 0.3) is 0 Å². The zero-order valence-corrected chi connectivity index (χ0v) is 37.8. The maximum atomic E-state index is 6.64. The number of rotatable bonds is 3. The van der Waals surface area contributed by atoms with Gasteiger partial charge in [-0.1, -0.05) is 200 Å². The summed E-state index contributed by atoms with van der Waals surface area (Å²) in [6, 6.07) is 77.4. The van der Waals surface area contributed by atoms with Crippen LogP contribution < -0.4 is 0 Å². The van der Waals surface area contributed by atoms with E-state index in [0.29, 0.717) is 0 Å². The van der Waals surface area contributed by atoms with E-state index in [1.807, 2.05) is 0 Å². The van der Waals surface area contributed by atoms with Crippen molar-refractivity contribution in [1.29, 1.82) is 0 Å². The standard InChI is InChI=1S/C68H42O/c1-2-4-11-51-39-62-57-18-5-6-19-63(57)69-64(62)40-60(51)61-38-52(55-31-25-46-23-21-42-13-8-15-44-27-35-59(55)68(46)66(42)44)29-33-56(61)53-32-28-48(37-49(53)10-3-1)47-16-9-17-50(36-47)54-30-24-45-22-20-41-12-7-14-43-26-34-58(54)67(45)65(41)43/h1-9,12-40H,10-11H2/b3-1-,4-2-. The maximum absolute atomic E-state index is 6.64. The molecular formula is C68H42O. The molecular weight excluding hydrogens is 833 g/mol. The first kappa shape index (κ1) is 38.3. The van der Waals surface area contributed by atoms with Crippen LogP contribution in [0.1, 0.15) is 11.1 Å². The van der Waals surface area contributed by atoms with Gasteiger partial charge in [0.1, 0.15) is 11.2 Å². The third-order valence-electron chi connectivity index (χ3n) is 15.2. The molecule has 0 unspecified atom stereocenters. The quantitative estimate of drug-likeness (QED) is 0.161. The fourth-order valence-electron chi connectivity index (χ4n) is 12.0. The summed E-state index contributed by atoms with van der Waals surface area (Å²) < 4.78 is 6.64. The van der Waals surface area contributed by atoms with Gasteiger partial charge in [-0.15, -0.1) is 0 Å². The van der Waals surface area contributed by atoms with Crippen LogP contribution in [0.3, 0.4) is 0 Å². The molecule has 0 bridgehead atoms. The summed E-state index contributed by atoms with van der Waals surface area (Å²) >= 11 is 0. The molecule has 320 valence electrons. The predicted octanol–water partition coefficient (Wildman–Crippen LogP) is 18.9. The highest BCUT2D eigenvalue weighted by atomic mass is 16.3. The number of para-hydroxylation sites is 1. The number of fused-ring (bicyclic) bond motifs is 8. The molecule has 1 heteroatoms. The van der Waals surface area contributed by atoms with Crippen molar-refractivity contribution in [2.45, 2.75) is 12.8 Å². The Bertz CT molecular complexity index is 4450. The van der Waals surface area contributed by atoms with Crippen molar-refractivity contribution in [3.63, 3.8) is 0 Å². The summed E-state index contributed by atoms with van der Waals surface area (Å²) in [7, 11) is 0. The van der Waals surface area contributed by atoms with E-state index in [4.69, 9.17) is 4.42 Å². The first-order valence-electron chi connectivity index (χ1n) is 24.2. The molecule has 1 aromatic heterocycles. The Kier molecular flexibility index (Phi) is 8.26. The minimum absolute atomic E-state index is 0.797. The first-order chi connectivity index (χ1) is 34.2. The Morgan fingerprint density at radius 1 is 0.261 bits per heavy atom. The second-order valence-corrected chi connectivity index (χ2v) is 19.0. The van der Waals surface area contributed by atoms with Gasteiger partial charge in [-0.25, -0.2) is 0 Å². The average Bonchev–Trinajstić information content (AvgIpc) is 3.77. The molecule has 0 atom stereocenters. The summed E-state index contributed by atoms with van der Waals surface area (Å²) in [5.74, 6) is 0. The van der Waals surface area contributed by atoms with Crippen LogP contribution in [0.2, 0.25) is 0 Å². The van der Waals surface area contributed by atoms with Crippen molar-refractivity contribution in [3.8, 4) is 55.6 Å². The largest absolute Gasteiger partial charge is 0.456 e. The predicted molar refractivity (Wildman–Crippen MR) is 294 cm³/mol. The molecule has 0 radical (unpaired) electrons. The van der Waals surface area contributed by atoms with E-state index in [-0.39, 0.29) is 0 Å². The van der Waals surface area contributed by atoms with E-state index >= 15 is 0 Å². The van der Waals surface area contributed by atoms with Crippen LogP contribution in [0.25, 0.3) is 142 Å². The second-order valence-electron chi connectivity index (χ2n) is 19.0. The Morgan fingerprint density at radius 2 is 0.768 bits per heavy atom. The number of hydrogen-bond acceptors (Lipinski definition) is 1. The smallest absolute Gasteiger partial charge is 0.136 e. The van der Waals surface area contributed by atoms with Gasteiger partial charge in [0, 0.05) is 10.8 Å². The third kappa shape index (κ3) is 5.90. The fraction of sp³-hybridized carbons (Fsp3) is 0.0294. The average molecular weight is 875 g/mol. The van der Waals surface area contributed by atoms with E-state index in [9.17, 15) is 0 Å². The lowest BCUT2D eigenvalue weighted by Crippen LogP contribution is -1.97. The van der Waals surface area contributed by atoms with Gasteiger partial charge in [0.05, 0.1) is 0 Å². The molecule has 0 fully saturated rings. The Hall–Kier alpha value is -8.78. The van der Waals surface area contributed by atoms with Crippen LogP contribution in [0.4, 0.5) is 0 Å². The Morgan fingerprint density at radius 3 is 1.45 bits per heavy atom. The molecule has 69 heavy (non-hydrogen) atoms. The van der Waals surface area contributed by atoms with E-state index in [1.54, 1.807) is 0 Å². The molecule has 1 nitrogen and oxygen atoms in total. The summed E-state index contributed by atoms with van der Waals surface area (Å²) in [4.78, 5) is 0. The van der Waals surface area contributed by atoms with Gasteiger partial charge in [-0.3, -0.25) is 0 Å². The molecule has 1 heterocycles. The van der Waals surface area contributed by atoms with Gasteiger partial charge in [-0.05, 0) is 175 Å². The molecule has 0 saturated carbocycles. The topological polar surface area (TPSA) is 13.1 Å². The summed E-state index contributed by atoms with van der Waals surface area (Å²) in [6.07, 6.45) is 10.6. The Labute approximate surface area is 399 Å². The molecule has 0 amide bonds. The monoisotopic (exact) mass is 874 g/mol. The third-order valence-corrected chi connectivity index (χ3v) is 15.2. The van der Waals surface area contributed by atoms with Crippen LogP contribution in [0.5, 0.6) is 0 Å². The molecule has 0 saturated heterocycles. The minimum Gasteiger partial charge on any atom is -0.456 e. The van der Waals surface area contributed by atoms with Crippen molar-refractivity contribution in [3.05, 3.63) is 242 Å². The van der Waals surface area contributed by atoms with Crippen LogP contribution in [-0.2, 0) is 12.8 Å². The van der Waals surface area contributed by atoms with Crippen molar-refractivity contribution < 1.29 is 4.42 Å². The van der Waals surface area contributed by atoms with E-state index in [2.05, 4.69) is 231 Å². The van der Waals surface area contributed by atoms with Crippen LogP contribution in [0, 0.1) is 0 Å². The van der Waals surface area contributed by atoms with Crippen LogP contribution >= 0.6 is 0 Å². The lowest BCUT2D eigenvalue weighted by Gasteiger charge is -2.20. The molecule has 13 aromatic carbocycles. The molecule has 14 aromatic rings. The minimum atomic E-state index is 0.797. The number of benzene rings is 13. The van der Waals surface area contributed by atoms with E-state index in [1.165, 1.54) is 131 Å². The lowest BCUT2D eigenvalue weighted by atomic mass is 9.83. The highest BCUT2D eigenvalue weighted by Gasteiger charge is 2.21. The highest BCUT2D eigenvalue weighted by Crippen LogP contribution is 2.46. The van der Waals surface area contributed by atoms with E-state index < -0.39 is 0 Å². The summed E-state index contributed by atoms with van der Waals surface area (Å²) in [6.45, 7) is 0. The van der Waals surface area contributed by atoms with Crippen LogP contribution in [-0.4, -0.2) is 0 Å². The molecule has 1 aliphatic carbocycles. The van der Waals surface area contributed by atoms with Gasteiger partial charge in [0.2, 0.25) is 0 Å². The summed E-state index contributed by atoms with van der Waals surface area (Å²) in [5, 5.41) is 17.9. The van der Waals surface area contributed by atoms with Crippen molar-refractivity contribution in [1.82, 2.24) is 0 Å². The number of furan rings is 1. The van der Waals surface area contributed by atoms with Crippen LogP contribution in [0.15, 0.2) is 235 Å². The zero-order chi connectivity index (χ0) is 45.2. The van der Waals surface area contributed by atoms with Gasteiger partial charge < -0.3 is 4.42 Å². The number of hydrogen-bond donors (Lipinski definition) is 0. The first-order valence-corrected chi connectivity index (χ1v) is 24.2. The SMILES string of the molecule is C1=C\Cc2cc(-c3cccc(-c4ccc5ccc6cccc7ccc4c5c67)c3)ccc2-c2ccc(-c3ccc4ccc5cccc6ccc3c4c56)cc2-c2cc3oc4ccccc4c3cc2C\C=C/1. The zero-order valence-electron chi connectivity index (χ0n) is 37.8. The maximum Gasteiger partial charge on any atom is 0.136 e. The molecule has 15 rings (SSSR count). The van der Waals surface area contributed by atoms with Crippen molar-refractivity contribution in [2.24, 2.45) is 0 Å². The normalized spacial score (nSPS) is 13.9. The molecule has 0 spiro atoms. The van der Waals surface area contributed by atoms with Gasteiger partial charge in [-0.2, -0.15) is 0 Å². The number of allylic oxidation sites excluding steroid dienone is 4. The molecule has 0 aliphatic heterocycles. The van der Waals surface area contributed by atoms with Gasteiger partial charge >= 0.3 is 0 Å². The highest BCUT2D eigenvalue weighted by molar-refractivity contribution is 6.27. The van der Waals surface area contributed by atoms with Gasteiger partial charge in [0.15, 0.2) is 0 Å². The van der Waals surface area contributed by atoms with Crippen molar-refractivity contribution >= 4 is 86.6 Å². The molecule has 0 N–H and O–H groups in total.